The molecular weight excluding hydrogens is 881 g/mol. The molecule has 0 bridgehead atoms. The predicted molar refractivity (Wildman–Crippen MR) is 297 cm³/mol. The van der Waals surface area contributed by atoms with Crippen LogP contribution in [0.15, 0.2) is 170 Å². The van der Waals surface area contributed by atoms with Gasteiger partial charge in [-0.2, -0.15) is 10.5 Å². The third-order valence-electron chi connectivity index (χ3n) is 14.5. The molecule has 0 saturated heterocycles. The average molecular weight is 935 g/mol. The van der Waals surface area contributed by atoms with Gasteiger partial charge in [0.1, 0.15) is 23.6 Å². The van der Waals surface area contributed by atoms with Crippen molar-refractivity contribution in [2.75, 3.05) is 24.0 Å². The van der Waals surface area contributed by atoms with Crippen LogP contribution in [0.2, 0.25) is 0 Å². The van der Waals surface area contributed by atoms with Crippen molar-refractivity contribution in [3.8, 4) is 23.6 Å². The fourth-order valence-corrected chi connectivity index (χ4v) is 10.8. The molecule has 6 heteroatoms. The number of hydrogen-bond donors (Lipinski definition) is 0. The predicted octanol–water partition coefficient (Wildman–Crippen LogP) is 16.8. The summed E-state index contributed by atoms with van der Waals surface area (Å²) < 4.78 is 11.0. The number of fused-ring (bicyclic) bond motifs is 4. The minimum absolute atomic E-state index is 0.563. The number of nitrogens with zero attached hydrogens (tertiary/aromatic N) is 4. The SMILES string of the molecule is COc1ccc(N(c2ccc(C=Cc3ccc4c(C#N)c5cc(C=Cc6ccc(N(c7ccc(OC)cc7)c7cccc8c7CCCC8)cc6)ccc5c(C#N)c4c3)cc2)c2cccc3c2CCCC3)cc1. The molecule has 0 N–H and O–H groups in total. The number of nitriles is 2. The van der Waals surface area contributed by atoms with Crippen LogP contribution in [0.4, 0.5) is 34.1 Å². The van der Waals surface area contributed by atoms with Crippen LogP contribution >= 0.6 is 0 Å². The topological polar surface area (TPSA) is 72.5 Å². The fraction of sp³-hybridized carbons (Fsp3) is 0.152. The summed E-state index contributed by atoms with van der Waals surface area (Å²) in [6.45, 7) is 0. The van der Waals surface area contributed by atoms with Crippen LogP contribution in [-0.4, -0.2) is 14.2 Å². The summed E-state index contributed by atoms with van der Waals surface area (Å²) in [6.07, 6.45) is 17.6. The maximum absolute atomic E-state index is 10.6. The zero-order valence-electron chi connectivity index (χ0n) is 40.7. The van der Waals surface area contributed by atoms with Gasteiger partial charge < -0.3 is 19.3 Å². The molecule has 2 aliphatic rings. The molecule has 2 aliphatic carbocycles. The number of benzene rings is 9. The van der Waals surface area contributed by atoms with Crippen molar-refractivity contribution in [3.63, 3.8) is 0 Å². The van der Waals surface area contributed by atoms with Crippen molar-refractivity contribution in [1.29, 1.82) is 10.5 Å². The van der Waals surface area contributed by atoms with Crippen molar-refractivity contribution in [2.45, 2.75) is 51.4 Å². The first-order chi connectivity index (χ1) is 35.5. The van der Waals surface area contributed by atoms with Crippen molar-refractivity contribution in [2.24, 2.45) is 0 Å². The van der Waals surface area contributed by atoms with Gasteiger partial charge >= 0.3 is 0 Å². The first-order valence-corrected chi connectivity index (χ1v) is 25.0. The molecule has 350 valence electrons. The van der Waals surface area contributed by atoms with Gasteiger partial charge in [-0.15, -0.1) is 0 Å². The number of methoxy groups -OCH3 is 2. The molecule has 72 heavy (non-hydrogen) atoms. The number of hydrogen-bond acceptors (Lipinski definition) is 6. The van der Waals surface area contributed by atoms with E-state index in [4.69, 9.17) is 9.47 Å². The molecule has 0 amide bonds. The second-order valence-corrected chi connectivity index (χ2v) is 18.7. The summed E-state index contributed by atoms with van der Waals surface area (Å²) in [5.74, 6) is 1.65. The minimum Gasteiger partial charge on any atom is -0.497 e. The fourth-order valence-electron chi connectivity index (χ4n) is 10.8. The second kappa shape index (κ2) is 20.2. The van der Waals surface area contributed by atoms with Gasteiger partial charge in [0, 0.05) is 55.7 Å². The molecule has 0 saturated carbocycles. The Balaban J connectivity index is 0.856. The van der Waals surface area contributed by atoms with Gasteiger partial charge in [-0.3, -0.25) is 0 Å². The van der Waals surface area contributed by atoms with E-state index < -0.39 is 0 Å². The molecule has 0 radical (unpaired) electrons. The average Bonchev–Trinajstić information content (AvgIpc) is 3.44. The van der Waals surface area contributed by atoms with E-state index in [1.54, 1.807) is 14.2 Å². The lowest BCUT2D eigenvalue weighted by Gasteiger charge is -2.30. The van der Waals surface area contributed by atoms with E-state index in [2.05, 4.69) is 155 Å². The lowest BCUT2D eigenvalue weighted by molar-refractivity contribution is 0.414. The third kappa shape index (κ3) is 8.96. The van der Waals surface area contributed by atoms with Gasteiger partial charge in [0.05, 0.1) is 25.3 Å². The molecule has 9 aromatic carbocycles. The monoisotopic (exact) mass is 934 g/mol. The summed E-state index contributed by atoms with van der Waals surface area (Å²) >= 11 is 0. The van der Waals surface area contributed by atoms with Gasteiger partial charge in [0.15, 0.2) is 0 Å². The van der Waals surface area contributed by atoms with Crippen molar-refractivity contribution >= 4 is 80.0 Å². The minimum atomic E-state index is 0.563. The summed E-state index contributed by atoms with van der Waals surface area (Å²) in [5.41, 5.74) is 17.6. The highest BCUT2D eigenvalue weighted by Gasteiger charge is 2.22. The van der Waals surface area contributed by atoms with Crippen LogP contribution in [0.25, 0.3) is 45.8 Å². The highest BCUT2D eigenvalue weighted by atomic mass is 16.5. The summed E-state index contributed by atoms with van der Waals surface area (Å²) in [7, 11) is 3.39. The number of anilines is 6. The zero-order chi connectivity index (χ0) is 49.0. The lowest BCUT2D eigenvalue weighted by Crippen LogP contribution is -2.15. The molecule has 0 spiro atoms. The first-order valence-electron chi connectivity index (χ1n) is 25.0. The Morgan fingerprint density at radius 2 is 0.736 bits per heavy atom. The molecule has 6 nitrogen and oxygen atoms in total. The zero-order valence-corrected chi connectivity index (χ0v) is 40.7. The molecule has 0 atom stereocenters. The van der Waals surface area contributed by atoms with Crippen LogP contribution in [0, 0.1) is 22.7 Å². The van der Waals surface area contributed by atoms with E-state index in [0.29, 0.717) is 11.1 Å². The van der Waals surface area contributed by atoms with Crippen LogP contribution in [0.1, 0.15) is 81.3 Å². The van der Waals surface area contributed by atoms with Gasteiger partial charge in [0.25, 0.3) is 0 Å². The molecule has 0 unspecified atom stereocenters. The summed E-state index contributed by atoms with van der Waals surface area (Å²) in [5, 5.41) is 24.4. The summed E-state index contributed by atoms with van der Waals surface area (Å²) in [4.78, 5) is 4.71. The Kier molecular flexibility index (Phi) is 12.8. The quantitative estimate of drug-likeness (QED) is 0.0898. The van der Waals surface area contributed by atoms with Crippen LogP contribution in [0.5, 0.6) is 11.5 Å². The van der Waals surface area contributed by atoms with Crippen molar-refractivity contribution in [3.05, 3.63) is 225 Å². The third-order valence-corrected chi connectivity index (χ3v) is 14.5. The lowest BCUT2D eigenvalue weighted by atomic mass is 9.90. The maximum Gasteiger partial charge on any atom is 0.119 e. The smallest absolute Gasteiger partial charge is 0.119 e. The number of rotatable bonds is 12. The van der Waals surface area contributed by atoms with E-state index in [1.165, 1.54) is 59.3 Å². The maximum atomic E-state index is 10.6. The van der Waals surface area contributed by atoms with Gasteiger partial charge in [-0.25, -0.2) is 0 Å². The Labute approximate surface area is 422 Å². The molecule has 0 aliphatic heterocycles. The largest absolute Gasteiger partial charge is 0.497 e. The highest BCUT2D eigenvalue weighted by Crippen LogP contribution is 2.43. The van der Waals surface area contributed by atoms with Crippen LogP contribution in [-0.2, 0) is 25.7 Å². The highest BCUT2D eigenvalue weighted by molar-refractivity contribution is 6.10. The molecule has 11 rings (SSSR count). The van der Waals surface area contributed by atoms with E-state index in [-0.39, 0.29) is 0 Å². The molecule has 0 fully saturated rings. The van der Waals surface area contributed by atoms with Gasteiger partial charge in [0.2, 0.25) is 0 Å². The Bertz CT molecular complexity index is 3370. The summed E-state index contributed by atoms with van der Waals surface area (Å²) in [6, 6.07) is 64.4. The molecular formula is C66H54N4O2. The first kappa shape index (κ1) is 45.6. The van der Waals surface area contributed by atoms with E-state index in [0.717, 1.165) is 104 Å². The normalized spacial score (nSPS) is 13.1. The number of aryl methyl sites for hydroxylation is 2. The van der Waals surface area contributed by atoms with E-state index >= 15 is 0 Å². The van der Waals surface area contributed by atoms with Gasteiger partial charge in [-0.1, -0.05) is 97.1 Å². The molecule has 9 aromatic rings. The Hall–Kier alpha value is -8.84. The van der Waals surface area contributed by atoms with Crippen LogP contribution < -0.4 is 19.3 Å². The van der Waals surface area contributed by atoms with Crippen molar-refractivity contribution in [1.82, 2.24) is 0 Å². The van der Waals surface area contributed by atoms with E-state index in [9.17, 15) is 10.5 Å². The standard InChI is InChI=1S/C66H54N4O2/c1-71-55-35-31-53(32-36-55)69(65-15-7-11-49-9-3-5-13-57(49)65)51-27-21-45(22-28-51)17-19-47-25-39-59-61(41-47)63(43-67)60-40-26-48(42-62(60)64(59)44-68)20-18-46-23-29-52(30-24-46)70(54-33-37-56(72-2)38-34-54)66-16-8-12-50-10-4-6-14-58(50)66/h7-8,11-12,15-42H,3-6,9-10,13-14H2,1-2H3. The number of ether oxygens (including phenoxy) is 2. The molecule has 0 aromatic heterocycles. The molecule has 0 heterocycles. The Morgan fingerprint density at radius 1 is 0.389 bits per heavy atom. The second-order valence-electron chi connectivity index (χ2n) is 18.7. The van der Waals surface area contributed by atoms with Crippen molar-refractivity contribution < 1.29 is 9.47 Å². The van der Waals surface area contributed by atoms with Gasteiger partial charge in [-0.05, 0) is 193 Å². The van der Waals surface area contributed by atoms with Crippen LogP contribution in [0.3, 0.4) is 0 Å². The van der Waals surface area contributed by atoms with E-state index in [1.807, 2.05) is 60.7 Å². The Morgan fingerprint density at radius 3 is 1.11 bits per heavy atom.